The zero-order valence-corrected chi connectivity index (χ0v) is 12.7. The molecule has 0 aliphatic rings. The molecule has 19 heavy (non-hydrogen) atoms. The van der Waals surface area contributed by atoms with Crippen LogP contribution < -0.4 is 5.32 Å². The number of rotatable bonds is 6. The van der Waals surface area contributed by atoms with Gasteiger partial charge in [-0.1, -0.05) is 35.0 Å². The minimum atomic E-state index is 0.347. The fourth-order valence-corrected chi connectivity index (χ4v) is 2.52. The quantitative estimate of drug-likeness (QED) is 0.866. The first-order chi connectivity index (χ1) is 9.29. The van der Waals surface area contributed by atoms with E-state index in [1.54, 1.807) is 0 Å². The van der Waals surface area contributed by atoms with E-state index in [0.717, 1.165) is 23.9 Å². The average molecular weight is 319 g/mol. The number of pyridine rings is 1. The van der Waals surface area contributed by atoms with Crippen molar-refractivity contribution in [2.24, 2.45) is 0 Å². The molecular weight excluding hydrogens is 300 g/mol. The molecule has 0 saturated heterocycles. The topological polar surface area (TPSA) is 24.9 Å². The number of hydrogen-bond donors (Lipinski definition) is 1. The van der Waals surface area contributed by atoms with Gasteiger partial charge in [0.05, 0.1) is 0 Å². The largest absolute Gasteiger partial charge is 0.310 e. The molecule has 1 heterocycles. The highest BCUT2D eigenvalue weighted by Crippen LogP contribution is 2.21. The predicted octanol–water partition coefficient (Wildman–Crippen LogP) is 4.13. The van der Waals surface area contributed by atoms with Gasteiger partial charge in [0.1, 0.15) is 0 Å². The first-order valence-electron chi connectivity index (χ1n) is 6.67. The summed E-state index contributed by atoms with van der Waals surface area (Å²) in [5.41, 5.74) is 2.63. The maximum Gasteiger partial charge on any atom is 0.0361 e. The molecule has 2 rings (SSSR count). The van der Waals surface area contributed by atoms with E-state index in [1.165, 1.54) is 11.1 Å². The minimum Gasteiger partial charge on any atom is -0.310 e. The Morgan fingerprint density at radius 1 is 1.21 bits per heavy atom. The molecular formula is C16H19BrN2. The van der Waals surface area contributed by atoms with Crippen LogP contribution in [0.4, 0.5) is 0 Å². The van der Waals surface area contributed by atoms with E-state index in [0.29, 0.717) is 6.04 Å². The fourth-order valence-electron chi connectivity index (χ4n) is 2.10. The van der Waals surface area contributed by atoms with Crippen LogP contribution in [0.1, 0.15) is 30.5 Å². The molecule has 0 aliphatic carbocycles. The summed E-state index contributed by atoms with van der Waals surface area (Å²) in [6.07, 6.45) is 5.83. The summed E-state index contributed by atoms with van der Waals surface area (Å²) >= 11 is 3.55. The van der Waals surface area contributed by atoms with Crippen LogP contribution in [0, 0.1) is 0 Å². The smallest absolute Gasteiger partial charge is 0.0361 e. The summed E-state index contributed by atoms with van der Waals surface area (Å²) in [4.78, 5) is 4.07. The Labute approximate surface area is 123 Å². The van der Waals surface area contributed by atoms with Crippen molar-refractivity contribution < 1.29 is 0 Å². The molecule has 0 bridgehead atoms. The van der Waals surface area contributed by atoms with Crippen LogP contribution in [-0.2, 0) is 6.42 Å². The SMILES string of the molecule is CCCNC(Cc1ccncc1)c1cccc(Br)c1. The van der Waals surface area contributed by atoms with Crippen molar-refractivity contribution in [1.29, 1.82) is 0 Å². The van der Waals surface area contributed by atoms with Crippen molar-refractivity contribution in [1.82, 2.24) is 10.3 Å². The molecule has 0 saturated carbocycles. The van der Waals surface area contributed by atoms with Gasteiger partial charge in [-0.3, -0.25) is 4.98 Å². The van der Waals surface area contributed by atoms with Gasteiger partial charge in [-0.2, -0.15) is 0 Å². The third-order valence-corrected chi connectivity index (χ3v) is 3.57. The second-order valence-electron chi connectivity index (χ2n) is 4.62. The molecule has 1 unspecified atom stereocenters. The Bertz CT molecular complexity index is 499. The molecule has 2 nitrogen and oxygen atoms in total. The molecule has 1 aromatic carbocycles. The van der Waals surface area contributed by atoms with Gasteiger partial charge in [-0.25, -0.2) is 0 Å². The summed E-state index contributed by atoms with van der Waals surface area (Å²) in [5.74, 6) is 0. The Morgan fingerprint density at radius 3 is 2.68 bits per heavy atom. The van der Waals surface area contributed by atoms with Gasteiger partial charge in [0.25, 0.3) is 0 Å². The molecule has 0 radical (unpaired) electrons. The maximum atomic E-state index is 4.07. The standard InChI is InChI=1S/C16H19BrN2/c1-2-8-19-16(11-13-6-9-18-10-7-13)14-4-3-5-15(17)12-14/h3-7,9-10,12,16,19H,2,8,11H2,1H3. The van der Waals surface area contributed by atoms with Gasteiger partial charge in [0.15, 0.2) is 0 Å². The highest BCUT2D eigenvalue weighted by Gasteiger charge is 2.11. The van der Waals surface area contributed by atoms with Crippen LogP contribution in [0.15, 0.2) is 53.3 Å². The van der Waals surface area contributed by atoms with Crippen molar-refractivity contribution in [3.05, 3.63) is 64.4 Å². The van der Waals surface area contributed by atoms with Gasteiger partial charge in [0.2, 0.25) is 0 Å². The van der Waals surface area contributed by atoms with E-state index in [4.69, 9.17) is 0 Å². The Kier molecular flexibility index (Phi) is 5.55. The highest BCUT2D eigenvalue weighted by atomic mass is 79.9. The number of aromatic nitrogens is 1. The lowest BCUT2D eigenvalue weighted by Gasteiger charge is -2.19. The number of nitrogens with zero attached hydrogens (tertiary/aromatic N) is 1. The van der Waals surface area contributed by atoms with Gasteiger partial charge >= 0.3 is 0 Å². The maximum absolute atomic E-state index is 4.07. The van der Waals surface area contributed by atoms with Crippen LogP contribution in [0.2, 0.25) is 0 Å². The molecule has 1 atom stereocenters. The Balaban J connectivity index is 2.16. The van der Waals surface area contributed by atoms with E-state index in [9.17, 15) is 0 Å². The van der Waals surface area contributed by atoms with Crippen molar-refractivity contribution in [3.63, 3.8) is 0 Å². The number of benzene rings is 1. The molecule has 0 aliphatic heterocycles. The zero-order chi connectivity index (χ0) is 13.5. The molecule has 100 valence electrons. The normalized spacial score (nSPS) is 12.3. The van der Waals surface area contributed by atoms with Crippen LogP contribution in [0.5, 0.6) is 0 Å². The van der Waals surface area contributed by atoms with Crippen LogP contribution >= 0.6 is 15.9 Å². The van der Waals surface area contributed by atoms with Gasteiger partial charge in [-0.05, 0) is 54.8 Å². The van der Waals surface area contributed by atoms with Gasteiger partial charge in [-0.15, -0.1) is 0 Å². The van der Waals surface area contributed by atoms with E-state index < -0.39 is 0 Å². The average Bonchev–Trinajstić information content (AvgIpc) is 2.44. The summed E-state index contributed by atoms with van der Waals surface area (Å²) in [5, 5.41) is 3.62. The molecule has 1 N–H and O–H groups in total. The van der Waals surface area contributed by atoms with Crippen LogP contribution in [-0.4, -0.2) is 11.5 Å². The summed E-state index contributed by atoms with van der Waals surface area (Å²) < 4.78 is 1.13. The molecule has 3 heteroatoms. The number of nitrogens with one attached hydrogen (secondary N) is 1. The van der Waals surface area contributed by atoms with Crippen molar-refractivity contribution in [2.45, 2.75) is 25.8 Å². The third-order valence-electron chi connectivity index (χ3n) is 3.08. The van der Waals surface area contributed by atoms with Crippen molar-refractivity contribution in [2.75, 3.05) is 6.54 Å². The lowest BCUT2D eigenvalue weighted by Crippen LogP contribution is -2.24. The molecule has 0 spiro atoms. The first-order valence-corrected chi connectivity index (χ1v) is 7.46. The van der Waals surface area contributed by atoms with E-state index in [1.807, 2.05) is 12.4 Å². The molecule has 2 aromatic rings. The van der Waals surface area contributed by atoms with Crippen LogP contribution in [0.25, 0.3) is 0 Å². The van der Waals surface area contributed by atoms with Gasteiger partial charge in [0, 0.05) is 22.9 Å². The highest BCUT2D eigenvalue weighted by molar-refractivity contribution is 9.10. The molecule has 0 fully saturated rings. The molecule has 1 aromatic heterocycles. The monoisotopic (exact) mass is 318 g/mol. The number of hydrogen-bond acceptors (Lipinski definition) is 2. The fraction of sp³-hybridized carbons (Fsp3) is 0.312. The minimum absolute atomic E-state index is 0.347. The lowest BCUT2D eigenvalue weighted by atomic mass is 9.99. The summed E-state index contributed by atoms with van der Waals surface area (Å²) in [6, 6.07) is 13.0. The summed E-state index contributed by atoms with van der Waals surface area (Å²) in [6.45, 7) is 3.22. The van der Waals surface area contributed by atoms with Gasteiger partial charge < -0.3 is 5.32 Å². The lowest BCUT2D eigenvalue weighted by molar-refractivity contribution is 0.529. The Morgan fingerprint density at radius 2 is 2.00 bits per heavy atom. The van der Waals surface area contributed by atoms with E-state index >= 15 is 0 Å². The Hall–Kier alpha value is -1.19. The molecule has 0 amide bonds. The predicted molar refractivity (Wildman–Crippen MR) is 83.1 cm³/mol. The zero-order valence-electron chi connectivity index (χ0n) is 11.1. The van der Waals surface area contributed by atoms with Crippen molar-refractivity contribution >= 4 is 15.9 Å². The first kappa shape index (κ1) is 14.2. The second-order valence-corrected chi connectivity index (χ2v) is 5.54. The third kappa shape index (κ3) is 4.44. The second kappa shape index (κ2) is 7.41. The van der Waals surface area contributed by atoms with Crippen LogP contribution in [0.3, 0.4) is 0 Å². The summed E-state index contributed by atoms with van der Waals surface area (Å²) in [7, 11) is 0. The van der Waals surface area contributed by atoms with Crippen molar-refractivity contribution in [3.8, 4) is 0 Å². The number of halogens is 1. The van der Waals surface area contributed by atoms with E-state index in [2.05, 4.69) is 69.6 Å². The van der Waals surface area contributed by atoms with E-state index in [-0.39, 0.29) is 0 Å².